The van der Waals surface area contributed by atoms with Gasteiger partial charge in [-0.15, -0.1) is 0 Å². The molecule has 0 atom stereocenters. The summed E-state index contributed by atoms with van der Waals surface area (Å²) in [6.07, 6.45) is 1.42. The molecule has 0 amide bonds. The highest BCUT2D eigenvalue weighted by Gasteiger charge is 2.06. The molecule has 0 bridgehead atoms. The van der Waals surface area contributed by atoms with Crippen LogP contribution in [-0.4, -0.2) is 9.97 Å². The second-order valence-electron chi connectivity index (χ2n) is 4.10. The van der Waals surface area contributed by atoms with Crippen LogP contribution < -0.4 is 11.1 Å². The van der Waals surface area contributed by atoms with Crippen molar-refractivity contribution in [1.29, 1.82) is 0 Å². The third kappa shape index (κ3) is 2.18. The van der Waals surface area contributed by atoms with E-state index in [9.17, 15) is 4.39 Å². The molecule has 0 aliphatic carbocycles. The summed E-state index contributed by atoms with van der Waals surface area (Å²) in [5.74, 6) is 0.222. The van der Waals surface area contributed by atoms with E-state index in [0.717, 1.165) is 5.39 Å². The third-order valence-electron chi connectivity index (χ3n) is 2.79. The number of benzene rings is 2. The number of anilines is 3. The number of nitrogens with two attached hydrogens (primary N) is 1. The molecule has 0 unspecified atom stereocenters. The first-order valence-corrected chi connectivity index (χ1v) is 5.76. The number of para-hydroxylation sites is 1. The molecule has 5 heteroatoms. The SMILES string of the molecule is Nc1ccc2c(Nc3ccccc3F)ncnc2c1. The summed E-state index contributed by atoms with van der Waals surface area (Å²) in [5.41, 5.74) is 7.43. The maximum Gasteiger partial charge on any atom is 0.146 e. The molecule has 94 valence electrons. The second kappa shape index (κ2) is 4.53. The lowest BCUT2D eigenvalue weighted by atomic mass is 10.2. The molecule has 0 radical (unpaired) electrons. The Balaban J connectivity index is 2.09. The number of nitrogens with one attached hydrogen (secondary N) is 1. The van der Waals surface area contributed by atoms with Crippen LogP contribution in [0.15, 0.2) is 48.8 Å². The number of nitrogens with zero attached hydrogens (tertiary/aromatic N) is 2. The van der Waals surface area contributed by atoms with Gasteiger partial charge in [0, 0.05) is 11.1 Å². The van der Waals surface area contributed by atoms with Gasteiger partial charge in [-0.2, -0.15) is 0 Å². The Bertz CT molecular complexity index is 742. The summed E-state index contributed by atoms with van der Waals surface area (Å²) in [4.78, 5) is 8.29. The maximum absolute atomic E-state index is 13.6. The van der Waals surface area contributed by atoms with E-state index in [4.69, 9.17) is 5.73 Å². The fourth-order valence-corrected chi connectivity index (χ4v) is 1.86. The Morgan fingerprint density at radius 3 is 2.74 bits per heavy atom. The van der Waals surface area contributed by atoms with E-state index in [2.05, 4.69) is 15.3 Å². The topological polar surface area (TPSA) is 63.8 Å². The van der Waals surface area contributed by atoms with Crippen LogP contribution in [0.2, 0.25) is 0 Å². The van der Waals surface area contributed by atoms with Gasteiger partial charge in [-0.3, -0.25) is 0 Å². The molecule has 0 saturated carbocycles. The molecule has 0 spiro atoms. The summed E-state index contributed by atoms with van der Waals surface area (Å²) in [5, 5.41) is 3.76. The molecule has 0 fully saturated rings. The smallest absolute Gasteiger partial charge is 0.146 e. The van der Waals surface area contributed by atoms with Crippen molar-refractivity contribution >= 4 is 28.1 Å². The Hall–Kier alpha value is -2.69. The van der Waals surface area contributed by atoms with Crippen molar-refractivity contribution in [1.82, 2.24) is 9.97 Å². The molecular formula is C14H11FN4. The fourth-order valence-electron chi connectivity index (χ4n) is 1.86. The third-order valence-corrected chi connectivity index (χ3v) is 2.79. The molecule has 3 aromatic rings. The highest BCUT2D eigenvalue weighted by atomic mass is 19.1. The van der Waals surface area contributed by atoms with Gasteiger partial charge in [-0.1, -0.05) is 12.1 Å². The van der Waals surface area contributed by atoms with Crippen LogP contribution >= 0.6 is 0 Å². The standard InChI is InChI=1S/C14H11FN4/c15-11-3-1-2-4-12(11)19-14-10-6-5-9(16)7-13(10)17-8-18-14/h1-8H,16H2,(H,17,18,19). The van der Waals surface area contributed by atoms with Crippen LogP contribution in [0.4, 0.5) is 21.6 Å². The number of hydrogen-bond acceptors (Lipinski definition) is 4. The van der Waals surface area contributed by atoms with Gasteiger partial charge in [0.2, 0.25) is 0 Å². The minimum Gasteiger partial charge on any atom is -0.399 e. The summed E-state index contributed by atoms with van der Waals surface area (Å²) in [6, 6.07) is 11.8. The van der Waals surface area contributed by atoms with E-state index < -0.39 is 0 Å². The molecular weight excluding hydrogens is 243 g/mol. The zero-order valence-corrected chi connectivity index (χ0v) is 9.97. The summed E-state index contributed by atoms with van der Waals surface area (Å²) < 4.78 is 13.6. The van der Waals surface area contributed by atoms with Crippen LogP contribution in [0.5, 0.6) is 0 Å². The Morgan fingerprint density at radius 1 is 1.05 bits per heavy atom. The first-order valence-electron chi connectivity index (χ1n) is 5.76. The van der Waals surface area contributed by atoms with Crippen molar-refractivity contribution in [3.05, 3.63) is 54.6 Å². The molecule has 3 rings (SSSR count). The lowest BCUT2D eigenvalue weighted by Gasteiger charge is -2.09. The van der Waals surface area contributed by atoms with Crippen LogP contribution in [0.1, 0.15) is 0 Å². The lowest BCUT2D eigenvalue weighted by Crippen LogP contribution is -1.98. The zero-order valence-electron chi connectivity index (χ0n) is 9.97. The molecule has 1 aromatic heterocycles. The second-order valence-corrected chi connectivity index (χ2v) is 4.10. The van der Waals surface area contributed by atoms with Gasteiger partial charge in [-0.05, 0) is 30.3 Å². The average Bonchev–Trinajstić information content (AvgIpc) is 2.41. The predicted molar refractivity (Wildman–Crippen MR) is 73.6 cm³/mol. The summed E-state index contributed by atoms with van der Waals surface area (Å²) >= 11 is 0. The van der Waals surface area contributed by atoms with Gasteiger partial charge in [0.05, 0.1) is 11.2 Å². The van der Waals surface area contributed by atoms with Gasteiger partial charge in [0.15, 0.2) is 0 Å². The molecule has 19 heavy (non-hydrogen) atoms. The van der Waals surface area contributed by atoms with Crippen molar-refractivity contribution in [2.45, 2.75) is 0 Å². The minimum absolute atomic E-state index is 0.329. The number of hydrogen-bond donors (Lipinski definition) is 2. The van der Waals surface area contributed by atoms with Crippen molar-refractivity contribution in [2.24, 2.45) is 0 Å². The molecule has 0 aliphatic heterocycles. The van der Waals surface area contributed by atoms with E-state index in [1.165, 1.54) is 12.4 Å². The van der Waals surface area contributed by atoms with Gasteiger partial charge in [0.1, 0.15) is 18.0 Å². The molecule has 4 nitrogen and oxygen atoms in total. The van der Waals surface area contributed by atoms with Crippen LogP contribution in [0.25, 0.3) is 10.9 Å². The summed E-state index contributed by atoms with van der Waals surface area (Å²) in [7, 11) is 0. The molecule has 0 aliphatic rings. The fraction of sp³-hybridized carbons (Fsp3) is 0. The van der Waals surface area contributed by atoms with E-state index in [0.29, 0.717) is 22.7 Å². The molecule has 0 saturated heterocycles. The lowest BCUT2D eigenvalue weighted by molar-refractivity contribution is 0.632. The maximum atomic E-state index is 13.6. The number of nitrogen functional groups attached to an aromatic ring is 1. The molecule has 3 N–H and O–H groups in total. The first kappa shape index (κ1) is 11.4. The normalized spacial score (nSPS) is 10.6. The van der Waals surface area contributed by atoms with E-state index in [-0.39, 0.29) is 5.82 Å². The Kier molecular flexibility index (Phi) is 2.72. The van der Waals surface area contributed by atoms with E-state index in [1.54, 1.807) is 30.3 Å². The largest absolute Gasteiger partial charge is 0.399 e. The highest BCUT2D eigenvalue weighted by molar-refractivity contribution is 5.92. The quantitative estimate of drug-likeness (QED) is 0.690. The predicted octanol–water partition coefficient (Wildman–Crippen LogP) is 3.09. The van der Waals surface area contributed by atoms with Crippen LogP contribution in [-0.2, 0) is 0 Å². The van der Waals surface area contributed by atoms with Crippen molar-refractivity contribution in [3.8, 4) is 0 Å². The van der Waals surface area contributed by atoms with Crippen LogP contribution in [0.3, 0.4) is 0 Å². The Morgan fingerprint density at radius 2 is 1.89 bits per heavy atom. The number of rotatable bonds is 2. The van der Waals surface area contributed by atoms with E-state index >= 15 is 0 Å². The van der Waals surface area contributed by atoms with Gasteiger partial charge >= 0.3 is 0 Å². The van der Waals surface area contributed by atoms with Gasteiger partial charge in [-0.25, -0.2) is 14.4 Å². The monoisotopic (exact) mass is 254 g/mol. The minimum atomic E-state index is -0.329. The first-order chi connectivity index (χ1) is 9.24. The van der Waals surface area contributed by atoms with Gasteiger partial charge < -0.3 is 11.1 Å². The number of aromatic nitrogens is 2. The van der Waals surface area contributed by atoms with Crippen molar-refractivity contribution < 1.29 is 4.39 Å². The molecule has 1 heterocycles. The van der Waals surface area contributed by atoms with Crippen molar-refractivity contribution in [2.75, 3.05) is 11.1 Å². The number of fused-ring (bicyclic) bond motifs is 1. The van der Waals surface area contributed by atoms with Crippen molar-refractivity contribution in [3.63, 3.8) is 0 Å². The summed E-state index contributed by atoms with van der Waals surface area (Å²) in [6.45, 7) is 0. The number of halogens is 1. The Labute approximate surface area is 109 Å². The van der Waals surface area contributed by atoms with Gasteiger partial charge in [0.25, 0.3) is 0 Å². The van der Waals surface area contributed by atoms with Crippen LogP contribution in [0, 0.1) is 5.82 Å². The highest BCUT2D eigenvalue weighted by Crippen LogP contribution is 2.25. The zero-order chi connectivity index (χ0) is 13.2. The molecule has 2 aromatic carbocycles. The average molecular weight is 254 g/mol. The van der Waals surface area contributed by atoms with E-state index in [1.807, 2.05) is 6.07 Å².